The molecule has 0 radical (unpaired) electrons. The van der Waals surface area contributed by atoms with Crippen LogP contribution in [0.25, 0.3) is 0 Å². The zero-order valence-corrected chi connectivity index (χ0v) is 16.4. The van der Waals surface area contributed by atoms with E-state index >= 15 is 0 Å². The van der Waals surface area contributed by atoms with Gasteiger partial charge in [0.05, 0.1) is 19.9 Å². The molecule has 0 spiro atoms. The monoisotopic (exact) mass is 373 g/mol. The number of hydrogen-bond acceptors (Lipinski definition) is 5. The first-order chi connectivity index (χ1) is 13.2. The molecule has 1 aromatic carbocycles. The lowest BCUT2D eigenvalue weighted by molar-refractivity contribution is -0.139. The fraction of sp³-hybridized carbons (Fsp3) is 0.619. The second-order valence-electron chi connectivity index (χ2n) is 7.36. The van der Waals surface area contributed by atoms with E-state index in [1.165, 1.54) is 0 Å². The van der Waals surface area contributed by atoms with Crippen molar-refractivity contribution in [2.24, 2.45) is 22.7 Å². The Morgan fingerprint density at radius 2 is 1.81 bits per heavy atom. The summed E-state index contributed by atoms with van der Waals surface area (Å²) in [6.45, 7) is 1.36. The lowest BCUT2D eigenvalue weighted by atomic mass is 9.73. The number of fused-ring (bicyclic) bond motifs is 1. The molecule has 0 bridgehead atoms. The fourth-order valence-corrected chi connectivity index (χ4v) is 4.21. The van der Waals surface area contributed by atoms with Gasteiger partial charge in [-0.2, -0.15) is 5.10 Å². The summed E-state index contributed by atoms with van der Waals surface area (Å²) in [6, 6.07) is 5.91. The molecule has 2 N–H and O–H groups in total. The summed E-state index contributed by atoms with van der Waals surface area (Å²) in [7, 11) is 3.27. The van der Waals surface area contributed by atoms with Crippen molar-refractivity contribution < 1.29 is 14.3 Å². The second-order valence-corrected chi connectivity index (χ2v) is 7.36. The number of unbranched alkanes of at least 4 members (excludes halogenated alkanes) is 2. The molecule has 0 saturated heterocycles. The number of nitrogens with two attached hydrogens (primary N) is 1. The summed E-state index contributed by atoms with van der Waals surface area (Å²) in [6.07, 6.45) is 7.18. The van der Waals surface area contributed by atoms with E-state index in [2.05, 4.69) is 0 Å². The highest BCUT2D eigenvalue weighted by atomic mass is 16.5. The quantitative estimate of drug-likeness (QED) is 0.710. The summed E-state index contributed by atoms with van der Waals surface area (Å²) in [5.41, 5.74) is 7.61. The highest BCUT2D eigenvalue weighted by Crippen LogP contribution is 2.39. The number of ether oxygens (including phenoxy) is 2. The van der Waals surface area contributed by atoms with Gasteiger partial charge < -0.3 is 15.2 Å². The SMILES string of the molecule is COc1ccc(C2=NN(CCCCCN)C(=O)[C@H]3CCCC[C@@H]23)cc1OC. The molecule has 1 aliphatic heterocycles. The van der Waals surface area contributed by atoms with Gasteiger partial charge in [-0.3, -0.25) is 4.79 Å². The Morgan fingerprint density at radius 3 is 2.52 bits per heavy atom. The van der Waals surface area contributed by atoms with Gasteiger partial charge in [-0.25, -0.2) is 5.01 Å². The van der Waals surface area contributed by atoms with Crippen LogP contribution in [0.4, 0.5) is 0 Å². The first-order valence-electron chi connectivity index (χ1n) is 10.0. The van der Waals surface area contributed by atoms with E-state index in [-0.39, 0.29) is 17.7 Å². The molecule has 6 heteroatoms. The van der Waals surface area contributed by atoms with Crippen LogP contribution >= 0.6 is 0 Å². The smallest absolute Gasteiger partial charge is 0.246 e. The molecule has 1 heterocycles. The van der Waals surface area contributed by atoms with Crippen LogP contribution < -0.4 is 15.2 Å². The Balaban J connectivity index is 1.90. The van der Waals surface area contributed by atoms with Gasteiger partial charge in [0, 0.05) is 23.9 Å². The van der Waals surface area contributed by atoms with E-state index < -0.39 is 0 Å². The van der Waals surface area contributed by atoms with Gasteiger partial charge in [0.2, 0.25) is 5.91 Å². The molecule has 1 saturated carbocycles. The highest BCUT2D eigenvalue weighted by molar-refractivity contribution is 6.07. The summed E-state index contributed by atoms with van der Waals surface area (Å²) < 4.78 is 10.8. The summed E-state index contributed by atoms with van der Waals surface area (Å²) >= 11 is 0. The zero-order chi connectivity index (χ0) is 19.2. The van der Waals surface area contributed by atoms with Crippen molar-refractivity contribution in [2.75, 3.05) is 27.3 Å². The summed E-state index contributed by atoms with van der Waals surface area (Å²) in [5.74, 6) is 1.83. The van der Waals surface area contributed by atoms with E-state index in [1.807, 2.05) is 18.2 Å². The summed E-state index contributed by atoms with van der Waals surface area (Å²) in [5, 5.41) is 6.52. The molecule has 3 rings (SSSR count). The van der Waals surface area contributed by atoms with E-state index in [0.29, 0.717) is 24.6 Å². The van der Waals surface area contributed by atoms with Crippen LogP contribution in [0.2, 0.25) is 0 Å². The molecule has 6 nitrogen and oxygen atoms in total. The topological polar surface area (TPSA) is 77.1 Å². The van der Waals surface area contributed by atoms with Crippen molar-refractivity contribution in [3.05, 3.63) is 23.8 Å². The maximum atomic E-state index is 13.0. The number of amides is 1. The number of carbonyl (C=O) groups excluding carboxylic acids is 1. The fourth-order valence-electron chi connectivity index (χ4n) is 4.21. The maximum Gasteiger partial charge on any atom is 0.246 e. The van der Waals surface area contributed by atoms with Crippen LogP contribution in [0.5, 0.6) is 11.5 Å². The molecule has 1 aliphatic carbocycles. The van der Waals surface area contributed by atoms with Crippen LogP contribution in [0.1, 0.15) is 50.5 Å². The Labute approximate surface area is 161 Å². The number of hydrogen-bond donors (Lipinski definition) is 1. The molecular weight excluding hydrogens is 342 g/mol. The van der Waals surface area contributed by atoms with Crippen LogP contribution in [0, 0.1) is 11.8 Å². The van der Waals surface area contributed by atoms with Crippen molar-refractivity contribution in [1.29, 1.82) is 0 Å². The van der Waals surface area contributed by atoms with Crippen molar-refractivity contribution in [1.82, 2.24) is 5.01 Å². The minimum atomic E-state index is 0.0499. The first-order valence-corrected chi connectivity index (χ1v) is 10.0. The highest BCUT2D eigenvalue weighted by Gasteiger charge is 2.41. The Kier molecular flexibility index (Phi) is 6.72. The Morgan fingerprint density at radius 1 is 1.07 bits per heavy atom. The van der Waals surface area contributed by atoms with Gasteiger partial charge in [-0.05, 0) is 50.4 Å². The van der Waals surface area contributed by atoms with Gasteiger partial charge in [-0.15, -0.1) is 0 Å². The molecule has 148 valence electrons. The minimum Gasteiger partial charge on any atom is -0.493 e. The molecule has 0 aromatic heterocycles. The standard InChI is InChI=1S/C21H31N3O3/c1-26-18-11-10-15(14-19(18)27-2)20-16-8-4-5-9-17(16)21(25)24(23-20)13-7-3-6-12-22/h10-11,14,16-17H,3-9,12-13,22H2,1-2H3/t16-,17+/m1/s1. The largest absolute Gasteiger partial charge is 0.493 e. The van der Waals surface area contributed by atoms with Crippen molar-refractivity contribution in [2.45, 2.75) is 44.9 Å². The van der Waals surface area contributed by atoms with E-state index in [9.17, 15) is 4.79 Å². The molecule has 1 fully saturated rings. The number of methoxy groups -OCH3 is 2. The summed E-state index contributed by atoms with van der Waals surface area (Å²) in [4.78, 5) is 13.0. The number of hydrazone groups is 1. The van der Waals surface area contributed by atoms with Crippen LogP contribution in [-0.2, 0) is 4.79 Å². The molecule has 27 heavy (non-hydrogen) atoms. The van der Waals surface area contributed by atoms with Gasteiger partial charge >= 0.3 is 0 Å². The van der Waals surface area contributed by atoms with Crippen LogP contribution in [0.3, 0.4) is 0 Å². The first kappa shape index (κ1) is 19.7. The van der Waals surface area contributed by atoms with Gasteiger partial charge in [0.15, 0.2) is 11.5 Å². The number of rotatable bonds is 8. The average molecular weight is 373 g/mol. The molecule has 2 atom stereocenters. The molecule has 2 aliphatic rings. The average Bonchev–Trinajstić information content (AvgIpc) is 2.72. The molecular formula is C21H31N3O3. The number of nitrogens with zero attached hydrogens (tertiary/aromatic N) is 2. The van der Waals surface area contributed by atoms with Gasteiger partial charge in [-0.1, -0.05) is 19.3 Å². The third-order valence-electron chi connectivity index (χ3n) is 5.67. The van der Waals surface area contributed by atoms with Crippen LogP contribution in [-0.4, -0.2) is 43.9 Å². The van der Waals surface area contributed by atoms with Gasteiger partial charge in [0.25, 0.3) is 0 Å². The van der Waals surface area contributed by atoms with Crippen LogP contribution in [0.15, 0.2) is 23.3 Å². The lowest BCUT2D eigenvalue weighted by Crippen LogP contribution is -2.46. The minimum absolute atomic E-state index is 0.0499. The van der Waals surface area contributed by atoms with E-state index in [1.54, 1.807) is 19.2 Å². The Hall–Kier alpha value is -2.08. The number of benzene rings is 1. The number of carbonyl (C=O) groups is 1. The third kappa shape index (κ3) is 4.26. The maximum absolute atomic E-state index is 13.0. The lowest BCUT2D eigenvalue weighted by Gasteiger charge is -2.38. The van der Waals surface area contributed by atoms with E-state index in [0.717, 1.165) is 56.2 Å². The molecule has 1 amide bonds. The van der Waals surface area contributed by atoms with Crippen molar-refractivity contribution >= 4 is 11.6 Å². The van der Waals surface area contributed by atoms with E-state index in [4.69, 9.17) is 20.3 Å². The normalized spacial score (nSPS) is 22.3. The third-order valence-corrected chi connectivity index (χ3v) is 5.67. The molecule has 1 aromatic rings. The predicted molar refractivity (Wildman–Crippen MR) is 106 cm³/mol. The zero-order valence-electron chi connectivity index (χ0n) is 16.4. The van der Waals surface area contributed by atoms with Gasteiger partial charge in [0.1, 0.15) is 0 Å². The van der Waals surface area contributed by atoms with Crippen molar-refractivity contribution in [3.63, 3.8) is 0 Å². The second kappa shape index (κ2) is 9.22. The Bertz CT molecular complexity index is 689. The molecule has 0 unspecified atom stereocenters. The predicted octanol–water partition coefficient (Wildman–Crippen LogP) is 3.19. The van der Waals surface area contributed by atoms with Crippen molar-refractivity contribution in [3.8, 4) is 11.5 Å².